The second kappa shape index (κ2) is 5.99. The van der Waals surface area contributed by atoms with Crippen molar-refractivity contribution in [2.75, 3.05) is 19.1 Å². The molecule has 2 N–H and O–H groups in total. The van der Waals surface area contributed by atoms with Crippen molar-refractivity contribution in [1.82, 2.24) is 9.97 Å². The zero-order valence-corrected chi connectivity index (χ0v) is 12.4. The zero-order valence-electron chi connectivity index (χ0n) is 10.8. The number of ether oxygens (including phenoxy) is 1. The number of anilines is 2. The van der Waals surface area contributed by atoms with Gasteiger partial charge in [-0.15, -0.1) is 0 Å². The van der Waals surface area contributed by atoms with Crippen LogP contribution < -0.4 is 15.4 Å². The highest BCUT2D eigenvalue weighted by atomic mass is 79.9. The molecule has 19 heavy (non-hydrogen) atoms. The minimum absolute atomic E-state index is 0.466. The standard InChI is InChI=1S/C13H15BrN4O/c1-18(11-6-4-3-5-9(11)7-15)13-16-8-10(14)12(17-13)19-2/h3-6,8H,7,15H2,1-2H3. The lowest BCUT2D eigenvalue weighted by Crippen LogP contribution is -2.16. The Labute approximate surface area is 120 Å². The normalized spacial score (nSPS) is 10.3. The van der Waals surface area contributed by atoms with Gasteiger partial charge >= 0.3 is 0 Å². The maximum absolute atomic E-state index is 5.75. The Bertz CT molecular complexity index is 576. The fourth-order valence-corrected chi connectivity index (χ4v) is 2.12. The molecule has 0 amide bonds. The summed E-state index contributed by atoms with van der Waals surface area (Å²) in [4.78, 5) is 10.5. The molecule has 0 aliphatic heterocycles. The van der Waals surface area contributed by atoms with Crippen LogP contribution in [0.5, 0.6) is 5.88 Å². The maximum Gasteiger partial charge on any atom is 0.232 e. The monoisotopic (exact) mass is 322 g/mol. The van der Waals surface area contributed by atoms with Crippen LogP contribution in [-0.4, -0.2) is 24.1 Å². The number of para-hydroxylation sites is 1. The van der Waals surface area contributed by atoms with Crippen molar-refractivity contribution in [3.05, 3.63) is 40.5 Å². The van der Waals surface area contributed by atoms with Gasteiger partial charge in [0.1, 0.15) is 0 Å². The molecule has 0 saturated carbocycles. The average Bonchev–Trinajstić information content (AvgIpc) is 2.47. The lowest BCUT2D eigenvalue weighted by Gasteiger charge is -2.20. The van der Waals surface area contributed by atoms with Crippen LogP contribution >= 0.6 is 15.9 Å². The molecule has 1 heterocycles. The van der Waals surface area contributed by atoms with E-state index < -0.39 is 0 Å². The minimum Gasteiger partial charge on any atom is -0.480 e. The molecule has 0 unspecified atom stereocenters. The number of nitrogens with two attached hydrogens (primary N) is 1. The van der Waals surface area contributed by atoms with Crippen LogP contribution in [0.15, 0.2) is 34.9 Å². The van der Waals surface area contributed by atoms with Crippen LogP contribution in [0.25, 0.3) is 0 Å². The van der Waals surface area contributed by atoms with Crippen LogP contribution in [0.1, 0.15) is 5.56 Å². The van der Waals surface area contributed by atoms with E-state index in [4.69, 9.17) is 10.5 Å². The lowest BCUT2D eigenvalue weighted by atomic mass is 10.1. The Hall–Kier alpha value is -1.66. The average molecular weight is 323 g/mol. The van der Waals surface area contributed by atoms with Gasteiger partial charge < -0.3 is 15.4 Å². The molecular weight excluding hydrogens is 308 g/mol. The van der Waals surface area contributed by atoms with Gasteiger partial charge in [-0.05, 0) is 27.6 Å². The summed E-state index contributed by atoms with van der Waals surface area (Å²) in [5.74, 6) is 1.06. The molecule has 100 valence electrons. The summed E-state index contributed by atoms with van der Waals surface area (Å²) in [6.45, 7) is 0.466. The molecule has 1 aromatic heterocycles. The molecule has 0 spiro atoms. The molecule has 0 aliphatic rings. The molecule has 0 bridgehead atoms. The number of rotatable bonds is 4. The van der Waals surface area contributed by atoms with Gasteiger partial charge in [-0.3, -0.25) is 0 Å². The highest BCUT2D eigenvalue weighted by Gasteiger charge is 2.13. The molecule has 1 aromatic carbocycles. The second-order valence-electron chi connectivity index (χ2n) is 3.92. The quantitative estimate of drug-likeness (QED) is 0.936. The molecule has 0 aliphatic carbocycles. The predicted octanol–water partition coefficient (Wildman–Crippen LogP) is 2.47. The summed E-state index contributed by atoms with van der Waals surface area (Å²) in [5, 5.41) is 0. The van der Waals surface area contributed by atoms with Crippen molar-refractivity contribution in [3.8, 4) is 5.88 Å². The molecule has 0 saturated heterocycles. The lowest BCUT2D eigenvalue weighted by molar-refractivity contribution is 0.394. The van der Waals surface area contributed by atoms with Gasteiger partial charge in [-0.1, -0.05) is 18.2 Å². The van der Waals surface area contributed by atoms with E-state index in [0.29, 0.717) is 18.4 Å². The van der Waals surface area contributed by atoms with E-state index in [2.05, 4.69) is 25.9 Å². The first kappa shape index (κ1) is 13.8. The molecule has 6 heteroatoms. The van der Waals surface area contributed by atoms with Crippen molar-refractivity contribution < 1.29 is 4.74 Å². The van der Waals surface area contributed by atoms with Gasteiger partial charge in [0.25, 0.3) is 0 Å². The number of hydrogen-bond acceptors (Lipinski definition) is 5. The SMILES string of the molecule is COc1nc(N(C)c2ccccc2CN)ncc1Br. The second-order valence-corrected chi connectivity index (χ2v) is 4.77. The minimum atomic E-state index is 0.466. The zero-order chi connectivity index (χ0) is 13.8. The van der Waals surface area contributed by atoms with E-state index in [1.165, 1.54) is 0 Å². The highest BCUT2D eigenvalue weighted by Crippen LogP contribution is 2.28. The number of benzene rings is 1. The van der Waals surface area contributed by atoms with Gasteiger partial charge in [0.2, 0.25) is 11.8 Å². The third-order valence-electron chi connectivity index (χ3n) is 2.77. The van der Waals surface area contributed by atoms with Crippen LogP contribution in [0.4, 0.5) is 11.6 Å². The number of aromatic nitrogens is 2. The van der Waals surface area contributed by atoms with E-state index in [1.54, 1.807) is 13.3 Å². The summed E-state index contributed by atoms with van der Waals surface area (Å²) in [5.41, 5.74) is 7.77. The summed E-state index contributed by atoms with van der Waals surface area (Å²) >= 11 is 3.34. The van der Waals surface area contributed by atoms with Crippen LogP contribution in [-0.2, 0) is 6.54 Å². The number of hydrogen-bond donors (Lipinski definition) is 1. The first-order chi connectivity index (χ1) is 9.17. The van der Waals surface area contributed by atoms with Gasteiger partial charge in [0.15, 0.2) is 0 Å². The van der Waals surface area contributed by atoms with Crippen molar-refractivity contribution in [1.29, 1.82) is 0 Å². The first-order valence-electron chi connectivity index (χ1n) is 5.75. The fourth-order valence-electron chi connectivity index (χ4n) is 1.77. The van der Waals surface area contributed by atoms with Crippen molar-refractivity contribution in [2.24, 2.45) is 5.73 Å². The summed E-state index contributed by atoms with van der Waals surface area (Å²) in [6, 6.07) is 7.89. The van der Waals surface area contributed by atoms with Crippen LogP contribution in [0.3, 0.4) is 0 Å². The number of halogens is 1. The Kier molecular flexibility index (Phi) is 4.34. The largest absolute Gasteiger partial charge is 0.480 e. The third-order valence-corrected chi connectivity index (χ3v) is 3.31. The predicted molar refractivity (Wildman–Crippen MR) is 78.7 cm³/mol. The van der Waals surface area contributed by atoms with E-state index in [9.17, 15) is 0 Å². The Morgan fingerprint density at radius 2 is 2.11 bits per heavy atom. The summed E-state index contributed by atoms with van der Waals surface area (Å²) in [7, 11) is 3.47. The van der Waals surface area contributed by atoms with E-state index >= 15 is 0 Å². The number of nitrogens with zero attached hydrogens (tertiary/aromatic N) is 3. The molecule has 0 radical (unpaired) electrons. The van der Waals surface area contributed by atoms with Crippen LogP contribution in [0.2, 0.25) is 0 Å². The molecule has 0 fully saturated rings. The van der Waals surface area contributed by atoms with Crippen molar-refractivity contribution in [2.45, 2.75) is 6.54 Å². The summed E-state index contributed by atoms with van der Waals surface area (Å²) in [6.07, 6.45) is 1.67. The third kappa shape index (κ3) is 2.85. The molecule has 2 rings (SSSR count). The van der Waals surface area contributed by atoms with Gasteiger partial charge in [-0.2, -0.15) is 4.98 Å². The van der Waals surface area contributed by atoms with E-state index in [1.807, 2.05) is 36.2 Å². The Balaban J connectivity index is 2.41. The smallest absolute Gasteiger partial charge is 0.232 e. The number of methoxy groups -OCH3 is 1. The van der Waals surface area contributed by atoms with Crippen molar-refractivity contribution >= 4 is 27.6 Å². The molecular formula is C13H15BrN4O. The molecule has 2 aromatic rings. The molecule has 5 nitrogen and oxygen atoms in total. The maximum atomic E-state index is 5.75. The Morgan fingerprint density at radius 1 is 1.37 bits per heavy atom. The summed E-state index contributed by atoms with van der Waals surface area (Å²) < 4.78 is 5.90. The Morgan fingerprint density at radius 3 is 2.79 bits per heavy atom. The van der Waals surface area contributed by atoms with Crippen molar-refractivity contribution in [3.63, 3.8) is 0 Å². The first-order valence-corrected chi connectivity index (χ1v) is 6.55. The van der Waals surface area contributed by atoms with E-state index in [-0.39, 0.29) is 0 Å². The molecule has 0 atom stereocenters. The topological polar surface area (TPSA) is 64.3 Å². The van der Waals surface area contributed by atoms with Gasteiger partial charge in [0.05, 0.1) is 17.8 Å². The van der Waals surface area contributed by atoms with Crippen LogP contribution in [0, 0.1) is 0 Å². The van der Waals surface area contributed by atoms with Gasteiger partial charge in [0, 0.05) is 19.3 Å². The fraction of sp³-hybridized carbons (Fsp3) is 0.231. The van der Waals surface area contributed by atoms with E-state index in [0.717, 1.165) is 15.7 Å². The van der Waals surface area contributed by atoms with Gasteiger partial charge in [-0.25, -0.2) is 4.98 Å². The highest BCUT2D eigenvalue weighted by molar-refractivity contribution is 9.10.